The summed E-state index contributed by atoms with van der Waals surface area (Å²) in [5.74, 6) is 0.872. The van der Waals surface area contributed by atoms with Gasteiger partial charge in [-0.25, -0.2) is 0 Å². The van der Waals surface area contributed by atoms with Crippen LogP contribution in [0.15, 0.2) is 24.3 Å². The summed E-state index contributed by atoms with van der Waals surface area (Å²) >= 11 is 1.31. The molecule has 4 nitrogen and oxygen atoms in total. The van der Waals surface area contributed by atoms with E-state index in [0.29, 0.717) is 11.8 Å². The minimum Gasteiger partial charge on any atom is -0.469 e. The fourth-order valence-electron chi connectivity index (χ4n) is 1.63. The number of nitrogens with zero attached hydrogens (tertiary/aromatic N) is 2. The van der Waals surface area contributed by atoms with Crippen LogP contribution in [0.1, 0.15) is 24.7 Å². The zero-order valence-corrected chi connectivity index (χ0v) is 11.2. The molecular weight excluding hydrogens is 246 g/mol. The number of hydrogen-bond donors (Lipinski definition) is 1. The molecule has 0 saturated carbocycles. The first-order chi connectivity index (χ1) is 8.79. The maximum absolute atomic E-state index is 5.86. The van der Waals surface area contributed by atoms with Crippen molar-refractivity contribution in [3.8, 4) is 5.19 Å². The van der Waals surface area contributed by atoms with E-state index in [1.807, 2.05) is 24.3 Å². The van der Waals surface area contributed by atoms with E-state index < -0.39 is 0 Å². The van der Waals surface area contributed by atoms with Crippen molar-refractivity contribution >= 4 is 17.2 Å². The van der Waals surface area contributed by atoms with E-state index in [1.54, 1.807) is 0 Å². The Balaban J connectivity index is 1.83. The van der Waals surface area contributed by atoms with Crippen LogP contribution in [-0.4, -0.2) is 16.0 Å². The van der Waals surface area contributed by atoms with Gasteiger partial charge in [0, 0.05) is 30.1 Å². The standard InChI is InChI=1S/C13H17N3OS/c1-2-5-12-15-13(18-16-12)17-9-8-10-6-3-4-7-11(10)14/h3-4,6-7H,2,5,8-9,14H2,1H3. The third-order valence-corrected chi connectivity index (χ3v) is 3.24. The molecule has 0 saturated heterocycles. The van der Waals surface area contributed by atoms with Crippen molar-refractivity contribution in [3.63, 3.8) is 0 Å². The van der Waals surface area contributed by atoms with Crippen LogP contribution in [0.25, 0.3) is 0 Å². The molecule has 2 rings (SSSR count). The van der Waals surface area contributed by atoms with Gasteiger partial charge in [0.25, 0.3) is 5.19 Å². The van der Waals surface area contributed by atoms with Gasteiger partial charge in [0.1, 0.15) is 5.82 Å². The molecular formula is C13H17N3OS. The Kier molecular flexibility index (Phi) is 4.52. The predicted molar refractivity (Wildman–Crippen MR) is 74.0 cm³/mol. The average molecular weight is 263 g/mol. The van der Waals surface area contributed by atoms with E-state index in [-0.39, 0.29) is 0 Å². The van der Waals surface area contributed by atoms with Crippen molar-refractivity contribution in [2.24, 2.45) is 0 Å². The summed E-state index contributed by atoms with van der Waals surface area (Å²) in [6, 6.07) is 7.83. The molecule has 0 spiro atoms. The average Bonchev–Trinajstić information content (AvgIpc) is 2.80. The van der Waals surface area contributed by atoms with Gasteiger partial charge < -0.3 is 10.5 Å². The van der Waals surface area contributed by atoms with E-state index in [0.717, 1.165) is 36.3 Å². The predicted octanol–water partition coefficient (Wildman–Crippen LogP) is 2.69. The molecule has 0 unspecified atom stereocenters. The first kappa shape index (κ1) is 12.8. The number of ether oxygens (including phenoxy) is 1. The van der Waals surface area contributed by atoms with Crippen molar-refractivity contribution in [1.29, 1.82) is 0 Å². The van der Waals surface area contributed by atoms with E-state index >= 15 is 0 Å². The van der Waals surface area contributed by atoms with Crippen LogP contribution in [0.5, 0.6) is 5.19 Å². The van der Waals surface area contributed by atoms with E-state index in [1.165, 1.54) is 11.5 Å². The number of nitrogen functional groups attached to an aromatic ring is 1. The Hall–Kier alpha value is -1.62. The highest BCUT2D eigenvalue weighted by molar-refractivity contribution is 7.07. The molecule has 1 heterocycles. The van der Waals surface area contributed by atoms with Gasteiger partial charge in [-0.15, -0.1) is 0 Å². The van der Waals surface area contributed by atoms with Gasteiger partial charge in [0.05, 0.1) is 6.61 Å². The second kappa shape index (κ2) is 6.35. The summed E-state index contributed by atoms with van der Waals surface area (Å²) in [7, 11) is 0. The fourth-order valence-corrected chi connectivity index (χ4v) is 2.23. The van der Waals surface area contributed by atoms with Crippen LogP contribution >= 0.6 is 11.5 Å². The summed E-state index contributed by atoms with van der Waals surface area (Å²) in [5.41, 5.74) is 7.78. The molecule has 0 atom stereocenters. The van der Waals surface area contributed by atoms with Crippen LogP contribution in [-0.2, 0) is 12.8 Å². The molecule has 1 aromatic carbocycles. The highest BCUT2D eigenvalue weighted by Crippen LogP contribution is 2.16. The number of para-hydroxylation sites is 1. The van der Waals surface area contributed by atoms with Crippen molar-refractivity contribution in [2.75, 3.05) is 12.3 Å². The van der Waals surface area contributed by atoms with Gasteiger partial charge in [0.2, 0.25) is 0 Å². The van der Waals surface area contributed by atoms with E-state index in [4.69, 9.17) is 10.5 Å². The summed E-state index contributed by atoms with van der Waals surface area (Å²) in [6.07, 6.45) is 2.75. The smallest absolute Gasteiger partial charge is 0.293 e. The second-order valence-electron chi connectivity index (χ2n) is 4.02. The normalized spacial score (nSPS) is 10.5. The number of benzene rings is 1. The first-order valence-electron chi connectivity index (χ1n) is 6.08. The third-order valence-electron chi connectivity index (χ3n) is 2.58. The quantitative estimate of drug-likeness (QED) is 0.814. The molecule has 2 N–H and O–H groups in total. The van der Waals surface area contributed by atoms with Gasteiger partial charge in [-0.1, -0.05) is 25.1 Å². The molecule has 5 heteroatoms. The number of anilines is 1. The highest BCUT2D eigenvalue weighted by atomic mass is 32.1. The molecule has 0 aliphatic carbocycles. The fraction of sp³-hybridized carbons (Fsp3) is 0.385. The Morgan fingerprint density at radius 2 is 2.11 bits per heavy atom. The first-order valence-corrected chi connectivity index (χ1v) is 6.85. The number of rotatable bonds is 6. The van der Waals surface area contributed by atoms with Crippen LogP contribution < -0.4 is 10.5 Å². The van der Waals surface area contributed by atoms with E-state index in [9.17, 15) is 0 Å². The highest BCUT2D eigenvalue weighted by Gasteiger charge is 2.04. The monoisotopic (exact) mass is 263 g/mol. The molecule has 0 fully saturated rings. The van der Waals surface area contributed by atoms with Gasteiger partial charge in [0.15, 0.2) is 0 Å². The second-order valence-corrected chi connectivity index (χ2v) is 4.74. The zero-order valence-electron chi connectivity index (χ0n) is 10.4. The number of hydrogen-bond acceptors (Lipinski definition) is 5. The summed E-state index contributed by atoms with van der Waals surface area (Å²) in [4.78, 5) is 4.31. The molecule has 0 radical (unpaired) electrons. The zero-order chi connectivity index (χ0) is 12.8. The minimum absolute atomic E-state index is 0.578. The van der Waals surface area contributed by atoms with Crippen molar-refractivity contribution in [1.82, 2.24) is 9.36 Å². The van der Waals surface area contributed by atoms with Crippen molar-refractivity contribution < 1.29 is 4.74 Å². The molecule has 96 valence electrons. The van der Waals surface area contributed by atoms with E-state index in [2.05, 4.69) is 16.3 Å². The molecule has 0 amide bonds. The summed E-state index contributed by atoms with van der Waals surface area (Å²) in [6.45, 7) is 2.69. The topological polar surface area (TPSA) is 61.0 Å². The van der Waals surface area contributed by atoms with Crippen LogP contribution in [0.4, 0.5) is 5.69 Å². The number of aryl methyl sites for hydroxylation is 1. The Labute approximate surface area is 111 Å². The lowest BCUT2D eigenvalue weighted by Crippen LogP contribution is -2.03. The lowest BCUT2D eigenvalue weighted by molar-refractivity contribution is 0.319. The Morgan fingerprint density at radius 3 is 2.89 bits per heavy atom. The lowest BCUT2D eigenvalue weighted by Gasteiger charge is -2.05. The van der Waals surface area contributed by atoms with Crippen LogP contribution in [0.2, 0.25) is 0 Å². The number of aromatic nitrogens is 2. The molecule has 0 aliphatic rings. The third kappa shape index (κ3) is 3.43. The SMILES string of the molecule is CCCc1nsc(OCCc2ccccc2N)n1. The lowest BCUT2D eigenvalue weighted by atomic mass is 10.1. The van der Waals surface area contributed by atoms with Gasteiger partial charge in [-0.05, 0) is 18.1 Å². The number of nitrogens with two attached hydrogens (primary N) is 1. The van der Waals surface area contributed by atoms with Crippen molar-refractivity contribution in [2.45, 2.75) is 26.2 Å². The molecule has 2 aromatic rings. The van der Waals surface area contributed by atoms with Gasteiger partial charge >= 0.3 is 0 Å². The maximum atomic E-state index is 5.86. The van der Waals surface area contributed by atoms with Gasteiger partial charge in [-0.2, -0.15) is 9.36 Å². The van der Waals surface area contributed by atoms with Crippen molar-refractivity contribution in [3.05, 3.63) is 35.7 Å². The summed E-state index contributed by atoms with van der Waals surface area (Å²) < 4.78 is 9.81. The maximum Gasteiger partial charge on any atom is 0.293 e. The largest absolute Gasteiger partial charge is 0.469 e. The van der Waals surface area contributed by atoms with Crippen LogP contribution in [0, 0.1) is 0 Å². The Morgan fingerprint density at radius 1 is 1.28 bits per heavy atom. The van der Waals surface area contributed by atoms with Crippen LogP contribution in [0.3, 0.4) is 0 Å². The molecule has 1 aromatic heterocycles. The molecule has 0 bridgehead atoms. The molecule has 0 aliphatic heterocycles. The Bertz CT molecular complexity index is 498. The minimum atomic E-state index is 0.578. The summed E-state index contributed by atoms with van der Waals surface area (Å²) in [5, 5.41) is 0.646. The van der Waals surface area contributed by atoms with Gasteiger partial charge in [-0.3, -0.25) is 0 Å². The molecule has 18 heavy (non-hydrogen) atoms.